The van der Waals surface area contributed by atoms with Crippen LogP contribution in [0.1, 0.15) is 52.4 Å². The van der Waals surface area contributed by atoms with Crippen LogP contribution < -0.4 is 15.5 Å². The Morgan fingerprint density at radius 2 is 1.96 bits per heavy atom. The van der Waals surface area contributed by atoms with Crippen LogP contribution in [0.2, 0.25) is 0 Å². The lowest BCUT2D eigenvalue weighted by molar-refractivity contribution is -0.904. The third-order valence-electron chi connectivity index (χ3n) is 4.86. The summed E-state index contributed by atoms with van der Waals surface area (Å²) in [5.74, 6) is 1.13. The minimum atomic E-state index is -0.357. The molecule has 2 aliphatic rings. The molecule has 1 aliphatic carbocycles. The molecule has 1 saturated heterocycles. The average Bonchev–Trinajstić information content (AvgIpc) is 2.47. The van der Waals surface area contributed by atoms with E-state index in [0.717, 1.165) is 32.4 Å². The predicted molar refractivity (Wildman–Crippen MR) is 91.2 cm³/mol. The molecule has 3 N–H and O–H groups in total. The molecular weight excluding hydrogens is 290 g/mol. The number of piperidine rings is 1. The second-order valence-electron chi connectivity index (χ2n) is 7.44. The molecule has 0 radical (unpaired) electrons. The van der Waals surface area contributed by atoms with Gasteiger partial charge in [-0.2, -0.15) is 0 Å². The van der Waals surface area contributed by atoms with E-state index in [0.29, 0.717) is 24.9 Å². The predicted octanol–water partition coefficient (Wildman–Crippen LogP) is 1.26. The van der Waals surface area contributed by atoms with Crippen molar-refractivity contribution in [3.8, 4) is 0 Å². The maximum Gasteiger partial charge on any atom is 0.321 e. The molecule has 23 heavy (non-hydrogen) atoms. The van der Waals surface area contributed by atoms with E-state index in [9.17, 15) is 9.59 Å². The summed E-state index contributed by atoms with van der Waals surface area (Å²) in [5, 5.41) is 5.26. The summed E-state index contributed by atoms with van der Waals surface area (Å²) in [6.07, 6.45) is 9.27. The van der Waals surface area contributed by atoms with E-state index in [1.54, 1.807) is 0 Å². The van der Waals surface area contributed by atoms with Gasteiger partial charge in [0.05, 0.1) is 13.1 Å². The molecule has 2 atom stereocenters. The van der Waals surface area contributed by atoms with Crippen LogP contribution in [0.3, 0.4) is 0 Å². The smallest absolute Gasteiger partial charge is 0.321 e. The fourth-order valence-electron chi connectivity index (χ4n) is 3.98. The summed E-state index contributed by atoms with van der Waals surface area (Å²) in [5.41, 5.74) is 1.43. The largest absolute Gasteiger partial charge is 0.337 e. The summed E-state index contributed by atoms with van der Waals surface area (Å²) >= 11 is 0. The van der Waals surface area contributed by atoms with Crippen molar-refractivity contribution >= 4 is 11.9 Å². The van der Waals surface area contributed by atoms with Gasteiger partial charge >= 0.3 is 6.03 Å². The molecular formula is C18H32N3O2+. The number of amides is 3. The van der Waals surface area contributed by atoms with Crippen molar-refractivity contribution in [1.82, 2.24) is 10.6 Å². The van der Waals surface area contributed by atoms with Crippen molar-refractivity contribution in [2.24, 2.45) is 11.8 Å². The van der Waals surface area contributed by atoms with Gasteiger partial charge in [-0.1, -0.05) is 25.5 Å². The van der Waals surface area contributed by atoms with Gasteiger partial charge in [0.1, 0.15) is 0 Å². The number of nitrogens with one attached hydrogen (secondary N) is 3. The molecule has 1 heterocycles. The van der Waals surface area contributed by atoms with E-state index in [1.807, 2.05) is 0 Å². The molecule has 1 aliphatic heterocycles. The van der Waals surface area contributed by atoms with Crippen molar-refractivity contribution in [3.63, 3.8) is 0 Å². The normalized spacial score (nSPS) is 27.9. The zero-order valence-electron chi connectivity index (χ0n) is 14.6. The lowest BCUT2D eigenvalue weighted by Gasteiger charge is -2.31. The Kier molecular flexibility index (Phi) is 7.09. The fourth-order valence-corrected chi connectivity index (χ4v) is 3.98. The van der Waals surface area contributed by atoms with Gasteiger partial charge in [0.15, 0.2) is 6.54 Å². The average molecular weight is 322 g/mol. The molecule has 2 rings (SSSR count). The summed E-state index contributed by atoms with van der Waals surface area (Å²) < 4.78 is 0. The minimum Gasteiger partial charge on any atom is -0.337 e. The fraction of sp³-hybridized carbons (Fsp3) is 0.778. The molecule has 0 spiro atoms. The zero-order chi connectivity index (χ0) is 16.7. The van der Waals surface area contributed by atoms with E-state index >= 15 is 0 Å². The first-order valence-corrected chi connectivity index (χ1v) is 9.12. The van der Waals surface area contributed by atoms with E-state index in [-0.39, 0.29) is 11.9 Å². The van der Waals surface area contributed by atoms with Crippen molar-refractivity contribution in [3.05, 3.63) is 11.6 Å². The second kappa shape index (κ2) is 9.06. The Morgan fingerprint density at radius 3 is 2.61 bits per heavy atom. The number of likely N-dealkylation sites (tertiary alicyclic amines) is 1. The van der Waals surface area contributed by atoms with Gasteiger partial charge in [-0.25, -0.2) is 4.79 Å². The molecule has 0 aromatic carbocycles. The van der Waals surface area contributed by atoms with Crippen LogP contribution in [0.15, 0.2) is 11.6 Å². The van der Waals surface area contributed by atoms with E-state index in [4.69, 9.17) is 0 Å². The third kappa shape index (κ3) is 6.73. The van der Waals surface area contributed by atoms with Crippen LogP contribution in [0.4, 0.5) is 4.79 Å². The zero-order valence-corrected chi connectivity index (χ0v) is 14.6. The Hall–Kier alpha value is -1.36. The van der Waals surface area contributed by atoms with Gasteiger partial charge in [-0.3, -0.25) is 10.1 Å². The highest BCUT2D eigenvalue weighted by atomic mass is 16.2. The van der Waals surface area contributed by atoms with Crippen LogP contribution in [0.5, 0.6) is 0 Å². The van der Waals surface area contributed by atoms with E-state index in [1.165, 1.54) is 29.7 Å². The van der Waals surface area contributed by atoms with Crippen molar-refractivity contribution in [1.29, 1.82) is 0 Å². The maximum atomic E-state index is 12.0. The first-order chi connectivity index (χ1) is 11.0. The standard InChI is InChI=1S/C18H31N3O2/c1-14-10-15(2)12-21(11-14)13-17(22)20-18(23)19-9-8-16-6-4-3-5-7-16/h6,14-15H,3-5,7-13H2,1-2H3,(H2,19,20,22,23)/p+1/t14-,15-/m1/s1. The lowest BCUT2D eigenvalue weighted by atomic mass is 9.92. The molecule has 0 aromatic rings. The second-order valence-corrected chi connectivity index (χ2v) is 7.44. The lowest BCUT2D eigenvalue weighted by Crippen LogP contribution is -3.15. The molecule has 0 bridgehead atoms. The number of rotatable bonds is 5. The molecule has 0 saturated carbocycles. The quantitative estimate of drug-likeness (QED) is 0.668. The summed E-state index contributed by atoms with van der Waals surface area (Å²) in [6.45, 7) is 7.52. The number of quaternary nitrogens is 1. The van der Waals surface area contributed by atoms with Crippen LogP contribution in [0.25, 0.3) is 0 Å². The first-order valence-electron chi connectivity index (χ1n) is 9.12. The van der Waals surface area contributed by atoms with Gasteiger partial charge in [-0.15, -0.1) is 0 Å². The van der Waals surface area contributed by atoms with Crippen molar-refractivity contribution in [2.45, 2.75) is 52.4 Å². The van der Waals surface area contributed by atoms with Crippen LogP contribution in [-0.2, 0) is 4.79 Å². The Balaban J connectivity index is 1.62. The molecule has 3 amide bonds. The number of hydrogen-bond donors (Lipinski definition) is 3. The van der Waals surface area contributed by atoms with Gasteiger partial charge in [0.2, 0.25) is 0 Å². The molecule has 0 unspecified atom stereocenters. The first kappa shape index (κ1) is 18.0. The molecule has 0 aromatic heterocycles. The van der Waals surface area contributed by atoms with Gasteiger partial charge < -0.3 is 10.2 Å². The van der Waals surface area contributed by atoms with E-state index < -0.39 is 0 Å². The molecule has 1 fully saturated rings. The highest BCUT2D eigenvalue weighted by Crippen LogP contribution is 2.19. The highest BCUT2D eigenvalue weighted by Gasteiger charge is 2.27. The number of urea groups is 1. The highest BCUT2D eigenvalue weighted by molar-refractivity contribution is 5.94. The SMILES string of the molecule is C[C@@H]1C[C@@H](C)C[NH+](CC(=O)NC(=O)NCCC2=CCCCC2)C1. The van der Waals surface area contributed by atoms with Crippen LogP contribution in [-0.4, -0.2) is 38.1 Å². The minimum absolute atomic E-state index is 0.171. The molecule has 5 nitrogen and oxygen atoms in total. The number of carbonyl (C=O) groups excluding carboxylic acids is 2. The number of allylic oxidation sites excluding steroid dienone is 1. The summed E-state index contributed by atoms with van der Waals surface area (Å²) in [7, 11) is 0. The van der Waals surface area contributed by atoms with Gasteiger partial charge in [-0.05, 0) is 38.5 Å². The van der Waals surface area contributed by atoms with Crippen molar-refractivity contribution in [2.75, 3.05) is 26.2 Å². The topological polar surface area (TPSA) is 62.6 Å². The third-order valence-corrected chi connectivity index (χ3v) is 4.86. The van der Waals surface area contributed by atoms with Crippen LogP contribution >= 0.6 is 0 Å². The number of hydrogen-bond acceptors (Lipinski definition) is 2. The monoisotopic (exact) mass is 322 g/mol. The Labute approximate surface area is 139 Å². The van der Waals surface area contributed by atoms with Crippen molar-refractivity contribution < 1.29 is 14.5 Å². The number of imide groups is 1. The van der Waals surface area contributed by atoms with E-state index in [2.05, 4.69) is 30.6 Å². The Bertz CT molecular complexity index is 438. The molecule has 130 valence electrons. The Morgan fingerprint density at radius 1 is 1.22 bits per heavy atom. The maximum absolute atomic E-state index is 12.0. The van der Waals surface area contributed by atoms with Crippen LogP contribution in [0, 0.1) is 11.8 Å². The number of carbonyl (C=O) groups is 2. The summed E-state index contributed by atoms with van der Waals surface area (Å²) in [4.78, 5) is 25.1. The molecule has 5 heteroatoms. The van der Waals surface area contributed by atoms with Gasteiger partial charge in [0, 0.05) is 18.4 Å². The summed E-state index contributed by atoms with van der Waals surface area (Å²) in [6, 6.07) is -0.357. The van der Waals surface area contributed by atoms with Gasteiger partial charge in [0.25, 0.3) is 5.91 Å².